The summed E-state index contributed by atoms with van der Waals surface area (Å²) < 4.78 is 0. The number of halogens is 3. The van der Waals surface area contributed by atoms with Gasteiger partial charge in [0.1, 0.15) is 0 Å². The molecule has 0 bridgehead atoms. The lowest BCUT2D eigenvalue weighted by molar-refractivity contribution is 1.23. The predicted molar refractivity (Wildman–Crippen MR) is 65.5 cm³/mol. The zero-order valence-corrected chi connectivity index (χ0v) is 10.1. The van der Waals surface area contributed by atoms with E-state index < -0.39 is 0 Å². The number of hydrogen-bond acceptors (Lipinski definition) is 0. The minimum atomic E-state index is 0.586. The SMILES string of the molecule is CC(=CCCCl)c1cccc(Cl)c1Cl. The van der Waals surface area contributed by atoms with Gasteiger partial charge in [-0.15, -0.1) is 11.6 Å². The fourth-order valence-electron chi connectivity index (χ4n) is 1.19. The minimum absolute atomic E-state index is 0.586. The molecule has 0 aliphatic rings. The smallest absolute Gasteiger partial charge is 0.0667 e. The summed E-state index contributed by atoms with van der Waals surface area (Å²) in [6.07, 6.45) is 2.90. The van der Waals surface area contributed by atoms with Crippen LogP contribution in [0.3, 0.4) is 0 Å². The van der Waals surface area contributed by atoms with E-state index in [2.05, 4.69) is 6.08 Å². The maximum Gasteiger partial charge on any atom is 0.0667 e. The van der Waals surface area contributed by atoms with Crippen molar-refractivity contribution in [3.63, 3.8) is 0 Å². The molecular weight excluding hydrogens is 238 g/mol. The Bertz CT molecular complexity index is 342. The number of allylic oxidation sites excluding steroid dienone is 2. The van der Waals surface area contributed by atoms with E-state index in [1.807, 2.05) is 19.1 Å². The van der Waals surface area contributed by atoms with Gasteiger partial charge in [0.05, 0.1) is 10.0 Å². The van der Waals surface area contributed by atoms with Crippen LogP contribution in [0.1, 0.15) is 18.9 Å². The molecule has 0 saturated heterocycles. The Kier molecular flexibility index (Phi) is 4.80. The molecule has 3 heteroatoms. The molecule has 1 aromatic carbocycles. The van der Waals surface area contributed by atoms with Gasteiger partial charge in [-0.25, -0.2) is 0 Å². The molecule has 76 valence electrons. The summed E-state index contributed by atoms with van der Waals surface area (Å²) in [5, 5.41) is 1.19. The molecule has 0 aliphatic carbocycles. The highest BCUT2D eigenvalue weighted by atomic mass is 35.5. The summed E-state index contributed by atoms with van der Waals surface area (Å²) in [5.41, 5.74) is 2.09. The van der Waals surface area contributed by atoms with Crippen LogP contribution in [0.4, 0.5) is 0 Å². The first-order chi connectivity index (χ1) is 6.66. The Morgan fingerprint density at radius 1 is 1.36 bits per heavy atom. The predicted octanol–water partition coefficient (Wildman–Crippen LogP) is 5.03. The molecule has 1 rings (SSSR count). The summed E-state index contributed by atoms with van der Waals surface area (Å²) in [4.78, 5) is 0. The Balaban J connectivity index is 3.01. The molecule has 0 fully saturated rings. The summed E-state index contributed by atoms with van der Waals surface area (Å²) >= 11 is 17.6. The average molecular weight is 250 g/mol. The van der Waals surface area contributed by atoms with Crippen molar-refractivity contribution in [3.05, 3.63) is 39.9 Å². The number of alkyl halides is 1. The van der Waals surface area contributed by atoms with Crippen LogP contribution in [-0.4, -0.2) is 5.88 Å². The summed E-state index contributed by atoms with van der Waals surface area (Å²) in [6.45, 7) is 2.00. The van der Waals surface area contributed by atoms with Crippen molar-refractivity contribution in [2.24, 2.45) is 0 Å². The van der Waals surface area contributed by atoms with Crippen molar-refractivity contribution in [2.75, 3.05) is 5.88 Å². The molecule has 0 N–H and O–H groups in total. The van der Waals surface area contributed by atoms with E-state index in [-0.39, 0.29) is 0 Å². The molecule has 0 heterocycles. The Morgan fingerprint density at radius 2 is 2.07 bits per heavy atom. The Morgan fingerprint density at radius 3 is 2.71 bits per heavy atom. The first kappa shape index (κ1) is 11.9. The minimum Gasteiger partial charge on any atom is -0.126 e. The molecule has 0 saturated carbocycles. The van der Waals surface area contributed by atoms with Gasteiger partial charge in [0.15, 0.2) is 0 Å². The number of rotatable bonds is 3. The molecule has 0 nitrogen and oxygen atoms in total. The van der Waals surface area contributed by atoms with Crippen molar-refractivity contribution in [1.29, 1.82) is 0 Å². The zero-order chi connectivity index (χ0) is 10.6. The highest BCUT2D eigenvalue weighted by Crippen LogP contribution is 2.30. The normalized spacial score (nSPS) is 11.9. The average Bonchev–Trinajstić information content (AvgIpc) is 2.18. The Hall–Kier alpha value is -0.170. The molecule has 14 heavy (non-hydrogen) atoms. The first-order valence-electron chi connectivity index (χ1n) is 4.34. The molecule has 0 aliphatic heterocycles. The van der Waals surface area contributed by atoms with Gasteiger partial charge in [0, 0.05) is 5.88 Å². The molecule has 0 unspecified atom stereocenters. The van der Waals surface area contributed by atoms with Gasteiger partial charge in [0.2, 0.25) is 0 Å². The van der Waals surface area contributed by atoms with Gasteiger partial charge in [0.25, 0.3) is 0 Å². The molecule has 0 amide bonds. The van der Waals surface area contributed by atoms with Gasteiger partial charge < -0.3 is 0 Å². The van der Waals surface area contributed by atoms with E-state index in [1.54, 1.807) is 6.07 Å². The van der Waals surface area contributed by atoms with Crippen LogP contribution in [0.2, 0.25) is 10.0 Å². The lowest BCUT2D eigenvalue weighted by Crippen LogP contribution is -1.83. The second-order valence-corrected chi connectivity index (χ2v) is 4.13. The topological polar surface area (TPSA) is 0 Å². The van der Waals surface area contributed by atoms with Crippen LogP contribution in [0.15, 0.2) is 24.3 Å². The van der Waals surface area contributed by atoms with E-state index in [0.29, 0.717) is 15.9 Å². The fourth-order valence-corrected chi connectivity index (χ4v) is 1.75. The molecule has 0 atom stereocenters. The van der Waals surface area contributed by atoms with Crippen LogP contribution in [0.25, 0.3) is 5.57 Å². The van der Waals surface area contributed by atoms with Gasteiger partial charge in [-0.3, -0.25) is 0 Å². The van der Waals surface area contributed by atoms with Crippen molar-refractivity contribution in [3.8, 4) is 0 Å². The molecule has 0 spiro atoms. The van der Waals surface area contributed by atoms with E-state index in [1.165, 1.54) is 0 Å². The van der Waals surface area contributed by atoms with Crippen molar-refractivity contribution in [1.82, 2.24) is 0 Å². The van der Waals surface area contributed by atoms with Gasteiger partial charge in [-0.05, 0) is 30.5 Å². The van der Waals surface area contributed by atoms with Crippen LogP contribution in [0.5, 0.6) is 0 Å². The van der Waals surface area contributed by atoms with E-state index in [9.17, 15) is 0 Å². The lowest BCUT2D eigenvalue weighted by Gasteiger charge is -2.05. The highest BCUT2D eigenvalue weighted by Gasteiger charge is 2.04. The third-order valence-corrected chi connectivity index (χ3v) is 2.97. The van der Waals surface area contributed by atoms with Gasteiger partial charge >= 0.3 is 0 Å². The third kappa shape index (κ3) is 2.91. The lowest BCUT2D eigenvalue weighted by atomic mass is 10.1. The molecule has 0 aromatic heterocycles. The monoisotopic (exact) mass is 248 g/mol. The van der Waals surface area contributed by atoms with Crippen molar-refractivity contribution >= 4 is 40.4 Å². The molecule has 1 aromatic rings. The quantitative estimate of drug-likeness (QED) is 0.660. The second-order valence-electron chi connectivity index (χ2n) is 2.97. The maximum atomic E-state index is 6.06. The van der Waals surface area contributed by atoms with Gasteiger partial charge in [-0.2, -0.15) is 0 Å². The Labute approximate surface area is 99.5 Å². The van der Waals surface area contributed by atoms with E-state index in [0.717, 1.165) is 17.6 Å². The summed E-state index contributed by atoms with van der Waals surface area (Å²) in [6, 6.07) is 5.62. The van der Waals surface area contributed by atoms with Crippen molar-refractivity contribution < 1.29 is 0 Å². The van der Waals surface area contributed by atoms with Gasteiger partial charge in [-0.1, -0.05) is 41.4 Å². The standard InChI is InChI=1S/C11H11Cl3/c1-8(4-3-7-12)9-5-2-6-10(13)11(9)14/h2,4-6H,3,7H2,1H3. The fraction of sp³-hybridized carbons (Fsp3) is 0.273. The summed E-state index contributed by atoms with van der Waals surface area (Å²) in [7, 11) is 0. The second kappa shape index (κ2) is 5.65. The zero-order valence-electron chi connectivity index (χ0n) is 7.86. The molecular formula is C11H11Cl3. The van der Waals surface area contributed by atoms with Crippen LogP contribution in [0, 0.1) is 0 Å². The highest BCUT2D eigenvalue weighted by molar-refractivity contribution is 6.43. The van der Waals surface area contributed by atoms with E-state index in [4.69, 9.17) is 34.8 Å². The number of hydrogen-bond donors (Lipinski definition) is 0. The van der Waals surface area contributed by atoms with Crippen LogP contribution >= 0.6 is 34.8 Å². The number of benzene rings is 1. The summed E-state index contributed by atoms with van der Waals surface area (Å²) in [5.74, 6) is 0.621. The third-order valence-electron chi connectivity index (χ3n) is 1.94. The van der Waals surface area contributed by atoms with Crippen LogP contribution < -0.4 is 0 Å². The van der Waals surface area contributed by atoms with Crippen LogP contribution in [-0.2, 0) is 0 Å². The molecule has 0 radical (unpaired) electrons. The first-order valence-corrected chi connectivity index (χ1v) is 5.63. The largest absolute Gasteiger partial charge is 0.126 e. The maximum absolute atomic E-state index is 6.06. The van der Waals surface area contributed by atoms with Crippen molar-refractivity contribution in [2.45, 2.75) is 13.3 Å². The van der Waals surface area contributed by atoms with E-state index >= 15 is 0 Å².